The number of carbonyl (C=O) groups excluding carboxylic acids is 1. The summed E-state index contributed by atoms with van der Waals surface area (Å²) in [4.78, 5) is 10.8. The van der Waals surface area contributed by atoms with Crippen LogP contribution in [-0.2, 0) is 0 Å². The Morgan fingerprint density at radius 1 is 1.36 bits per heavy atom. The summed E-state index contributed by atoms with van der Waals surface area (Å²) in [5, 5.41) is 4.54. The van der Waals surface area contributed by atoms with Crippen LogP contribution in [0.5, 0.6) is 0 Å². The molecular weight excluding hydrogens is 200 g/mol. The van der Waals surface area contributed by atoms with Crippen molar-refractivity contribution >= 4 is 17.9 Å². The SMILES string of the molecule is O=Cc1cccc(Cl)c1-n1cccn1. The largest absolute Gasteiger partial charge is 0.298 e. The monoisotopic (exact) mass is 206 g/mol. The van der Waals surface area contributed by atoms with Gasteiger partial charge in [0.25, 0.3) is 0 Å². The molecule has 14 heavy (non-hydrogen) atoms. The number of hydrogen-bond donors (Lipinski definition) is 0. The molecule has 2 aromatic rings. The minimum Gasteiger partial charge on any atom is -0.298 e. The molecule has 1 aromatic carbocycles. The number of nitrogens with zero attached hydrogens (tertiary/aromatic N) is 2. The highest BCUT2D eigenvalue weighted by Crippen LogP contribution is 2.22. The maximum absolute atomic E-state index is 10.8. The van der Waals surface area contributed by atoms with Crippen LogP contribution in [-0.4, -0.2) is 16.1 Å². The lowest BCUT2D eigenvalue weighted by Gasteiger charge is -2.06. The van der Waals surface area contributed by atoms with E-state index in [4.69, 9.17) is 11.6 Å². The van der Waals surface area contributed by atoms with Crippen LogP contribution in [0.15, 0.2) is 36.7 Å². The lowest BCUT2D eigenvalue weighted by Crippen LogP contribution is -2.00. The maximum Gasteiger partial charge on any atom is 0.152 e. The van der Waals surface area contributed by atoms with E-state index in [0.717, 1.165) is 6.29 Å². The van der Waals surface area contributed by atoms with Gasteiger partial charge < -0.3 is 0 Å². The van der Waals surface area contributed by atoms with E-state index in [1.807, 2.05) is 0 Å². The zero-order chi connectivity index (χ0) is 9.97. The second-order valence-corrected chi connectivity index (χ2v) is 3.15. The summed E-state index contributed by atoms with van der Waals surface area (Å²) in [6, 6.07) is 6.94. The lowest BCUT2D eigenvalue weighted by atomic mass is 10.2. The van der Waals surface area contributed by atoms with Crippen LogP contribution in [0.25, 0.3) is 5.69 Å². The number of rotatable bonds is 2. The molecule has 4 heteroatoms. The third kappa shape index (κ3) is 1.42. The van der Waals surface area contributed by atoms with Gasteiger partial charge in [0.15, 0.2) is 6.29 Å². The van der Waals surface area contributed by atoms with Gasteiger partial charge in [0.1, 0.15) is 0 Å². The van der Waals surface area contributed by atoms with Gasteiger partial charge in [0.2, 0.25) is 0 Å². The predicted octanol–water partition coefficient (Wildman–Crippen LogP) is 2.34. The zero-order valence-corrected chi connectivity index (χ0v) is 7.98. The smallest absolute Gasteiger partial charge is 0.152 e. The van der Waals surface area contributed by atoms with E-state index < -0.39 is 0 Å². The predicted molar refractivity (Wildman–Crippen MR) is 54.0 cm³/mol. The fourth-order valence-electron chi connectivity index (χ4n) is 1.27. The Kier molecular flexibility index (Phi) is 2.33. The first-order valence-corrected chi connectivity index (χ1v) is 4.44. The third-order valence-corrected chi connectivity index (χ3v) is 2.18. The van der Waals surface area contributed by atoms with E-state index in [2.05, 4.69) is 5.10 Å². The van der Waals surface area contributed by atoms with Crippen LogP contribution >= 0.6 is 11.6 Å². The second-order valence-electron chi connectivity index (χ2n) is 2.75. The summed E-state index contributed by atoms with van der Waals surface area (Å²) in [5.74, 6) is 0. The maximum atomic E-state index is 10.8. The summed E-state index contributed by atoms with van der Waals surface area (Å²) >= 11 is 5.98. The highest BCUT2D eigenvalue weighted by molar-refractivity contribution is 6.32. The van der Waals surface area contributed by atoms with Crippen LogP contribution in [0.4, 0.5) is 0 Å². The van der Waals surface area contributed by atoms with Crippen molar-refractivity contribution in [1.82, 2.24) is 9.78 Å². The Morgan fingerprint density at radius 2 is 2.21 bits per heavy atom. The van der Waals surface area contributed by atoms with Gasteiger partial charge in [0.05, 0.1) is 10.7 Å². The van der Waals surface area contributed by atoms with Gasteiger partial charge >= 0.3 is 0 Å². The number of aldehydes is 1. The molecular formula is C10H7ClN2O. The first-order chi connectivity index (χ1) is 6.83. The molecule has 0 saturated carbocycles. The molecule has 0 atom stereocenters. The van der Waals surface area contributed by atoms with Crippen molar-refractivity contribution in [3.8, 4) is 5.69 Å². The molecule has 1 heterocycles. The number of carbonyl (C=O) groups is 1. The Balaban J connectivity index is 2.67. The molecule has 0 aliphatic rings. The van der Waals surface area contributed by atoms with Crippen molar-refractivity contribution in [3.05, 3.63) is 47.2 Å². The number of aromatic nitrogens is 2. The fraction of sp³-hybridized carbons (Fsp3) is 0. The Morgan fingerprint density at radius 3 is 2.86 bits per heavy atom. The molecule has 0 saturated heterocycles. The summed E-state index contributed by atoms with van der Waals surface area (Å²) in [5.41, 5.74) is 1.15. The van der Waals surface area contributed by atoms with E-state index in [9.17, 15) is 4.79 Å². The molecule has 1 aromatic heterocycles. The fourth-order valence-corrected chi connectivity index (χ4v) is 1.54. The van der Waals surface area contributed by atoms with Gasteiger partial charge in [0, 0.05) is 18.0 Å². The van der Waals surface area contributed by atoms with Crippen LogP contribution in [0.2, 0.25) is 5.02 Å². The van der Waals surface area contributed by atoms with E-state index in [1.165, 1.54) is 0 Å². The average molecular weight is 207 g/mol. The zero-order valence-electron chi connectivity index (χ0n) is 7.22. The Labute approximate surface area is 85.9 Å². The molecule has 70 valence electrons. The molecule has 0 bridgehead atoms. The van der Waals surface area contributed by atoms with Crippen molar-refractivity contribution in [2.24, 2.45) is 0 Å². The minimum absolute atomic E-state index is 0.512. The van der Waals surface area contributed by atoms with Crippen LogP contribution in [0.3, 0.4) is 0 Å². The molecule has 3 nitrogen and oxygen atoms in total. The highest BCUT2D eigenvalue weighted by atomic mass is 35.5. The van der Waals surface area contributed by atoms with Crippen LogP contribution in [0.1, 0.15) is 10.4 Å². The van der Waals surface area contributed by atoms with Gasteiger partial charge in [-0.05, 0) is 18.2 Å². The topological polar surface area (TPSA) is 34.9 Å². The molecule has 0 unspecified atom stereocenters. The lowest BCUT2D eigenvalue weighted by molar-refractivity contribution is 0.112. The standard InChI is InChI=1S/C10H7ClN2O/c11-9-4-1-3-8(7-14)10(9)13-6-2-5-12-13/h1-7H. The highest BCUT2D eigenvalue weighted by Gasteiger charge is 2.07. The second kappa shape index (κ2) is 3.64. The van der Waals surface area contributed by atoms with Gasteiger partial charge in [-0.15, -0.1) is 0 Å². The van der Waals surface area contributed by atoms with E-state index in [-0.39, 0.29) is 0 Å². The Hall–Kier alpha value is -1.61. The number of benzene rings is 1. The van der Waals surface area contributed by atoms with Gasteiger partial charge in [-0.3, -0.25) is 4.79 Å². The van der Waals surface area contributed by atoms with Crippen LogP contribution in [0, 0.1) is 0 Å². The molecule has 2 rings (SSSR count). The van der Waals surface area contributed by atoms with E-state index >= 15 is 0 Å². The number of para-hydroxylation sites is 1. The van der Waals surface area contributed by atoms with Crippen molar-refractivity contribution in [1.29, 1.82) is 0 Å². The summed E-state index contributed by atoms with van der Waals surface area (Å²) in [7, 11) is 0. The van der Waals surface area contributed by atoms with Gasteiger partial charge in [-0.25, -0.2) is 4.68 Å². The Bertz CT molecular complexity index is 451. The van der Waals surface area contributed by atoms with Crippen molar-refractivity contribution in [2.75, 3.05) is 0 Å². The van der Waals surface area contributed by atoms with Gasteiger partial charge in [-0.1, -0.05) is 17.7 Å². The first kappa shape index (κ1) is 8.97. The molecule has 0 fully saturated rings. The summed E-state index contributed by atoms with van der Waals surface area (Å²) in [6.45, 7) is 0. The first-order valence-electron chi connectivity index (χ1n) is 4.06. The normalized spacial score (nSPS) is 10.1. The van der Waals surface area contributed by atoms with E-state index in [0.29, 0.717) is 16.3 Å². The van der Waals surface area contributed by atoms with Crippen molar-refractivity contribution in [2.45, 2.75) is 0 Å². The average Bonchev–Trinajstić information content (AvgIpc) is 2.70. The molecule has 0 aliphatic carbocycles. The van der Waals surface area contributed by atoms with E-state index in [1.54, 1.807) is 41.3 Å². The summed E-state index contributed by atoms with van der Waals surface area (Å²) < 4.78 is 1.58. The number of hydrogen-bond acceptors (Lipinski definition) is 2. The summed E-state index contributed by atoms with van der Waals surface area (Å²) in [6.07, 6.45) is 4.15. The molecule has 0 radical (unpaired) electrons. The minimum atomic E-state index is 0.512. The van der Waals surface area contributed by atoms with Crippen molar-refractivity contribution < 1.29 is 4.79 Å². The molecule has 0 N–H and O–H groups in total. The van der Waals surface area contributed by atoms with Crippen LogP contribution < -0.4 is 0 Å². The van der Waals surface area contributed by atoms with Gasteiger partial charge in [-0.2, -0.15) is 5.10 Å². The number of halogens is 1. The molecule has 0 aliphatic heterocycles. The molecule has 0 amide bonds. The third-order valence-electron chi connectivity index (χ3n) is 1.88. The molecule has 0 spiro atoms. The quantitative estimate of drug-likeness (QED) is 0.707. The van der Waals surface area contributed by atoms with Crippen molar-refractivity contribution in [3.63, 3.8) is 0 Å².